The summed E-state index contributed by atoms with van der Waals surface area (Å²) in [5.74, 6) is -1.28. The summed E-state index contributed by atoms with van der Waals surface area (Å²) in [5.41, 5.74) is -1.96. The Bertz CT molecular complexity index is 457. The number of esters is 2. The second-order valence-electron chi connectivity index (χ2n) is 6.66. The van der Waals surface area contributed by atoms with Gasteiger partial charge in [0.2, 0.25) is 0 Å². The van der Waals surface area contributed by atoms with E-state index in [1.165, 1.54) is 13.8 Å². The fraction of sp³-hybridized carbons (Fsp3) is 0.667. The number of ether oxygens (including phenoxy) is 2. The van der Waals surface area contributed by atoms with Crippen LogP contribution in [0.1, 0.15) is 13.8 Å². The molecule has 0 aromatic heterocycles. The van der Waals surface area contributed by atoms with Crippen molar-refractivity contribution in [1.29, 1.82) is 0 Å². The van der Waals surface area contributed by atoms with E-state index in [0.717, 1.165) is 0 Å². The zero-order valence-corrected chi connectivity index (χ0v) is 16.4. The SMILES string of the molecule is C=C(C)C(=O)OCC(CO)(CO)COC(=O)C(=C)C.OCC(CO)(CO)CO. The quantitative estimate of drug-likeness (QED) is 0.159. The van der Waals surface area contributed by atoms with Gasteiger partial charge in [0, 0.05) is 11.1 Å². The van der Waals surface area contributed by atoms with Gasteiger partial charge in [-0.3, -0.25) is 0 Å². The van der Waals surface area contributed by atoms with Gasteiger partial charge in [-0.1, -0.05) is 13.2 Å². The monoisotopic (exact) mass is 408 g/mol. The van der Waals surface area contributed by atoms with Crippen molar-refractivity contribution in [3.05, 3.63) is 24.3 Å². The zero-order chi connectivity index (χ0) is 22.4. The summed E-state index contributed by atoms with van der Waals surface area (Å²) >= 11 is 0. The maximum absolute atomic E-state index is 11.3. The molecule has 0 saturated carbocycles. The average Bonchev–Trinajstić information content (AvgIpc) is 2.70. The fourth-order valence-electron chi connectivity index (χ4n) is 1.26. The lowest BCUT2D eigenvalue weighted by molar-refractivity contribution is -0.154. The van der Waals surface area contributed by atoms with Crippen molar-refractivity contribution < 1.29 is 49.7 Å². The number of hydrogen-bond acceptors (Lipinski definition) is 10. The van der Waals surface area contributed by atoms with E-state index in [4.69, 9.17) is 29.9 Å². The van der Waals surface area contributed by atoms with E-state index in [0.29, 0.717) is 0 Å². The van der Waals surface area contributed by atoms with E-state index in [2.05, 4.69) is 13.2 Å². The molecule has 0 atom stereocenters. The maximum atomic E-state index is 11.3. The molecule has 6 N–H and O–H groups in total. The molecule has 0 aromatic rings. The molecule has 0 rings (SSSR count). The van der Waals surface area contributed by atoms with Crippen LogP contribution >= 0.6 is 0 Å². The Kier molecular flexibility index (Phi) is 14.4. The van der Waals surface area contributed by atoms with Crippen molar-refractivity contribution in [2.45, 2.75) is 13.8 Å². The molecule has 0 fully saturated rings. The molecule has 0 amide bonds. The van der Waals surface area contributed by atoms with Crippen molar-refractivity contribution in [3.8, 4) is 0 Å². The number of rotatable bonds is 12. The van der Waals surface area contributed by atoms with Crippen LogP contribution in [0.2, 0.25) is 0 Å². The smallest absolute Gasteiger partial charge is 0.333 e. The van der Waals surface area contributed by atoms with Crippen LogP contribution in [0.25, 0.3) is 0 Å². The Morgan fingerprint density at radius 3 is 1.04 bits per heavy atom. The highest BCUT2D eigenvalue weighted by molar-refractivity contribution is 5.87. The molecule has 0 unspecified atom stereocenters. The van der Waals surface area contributed by atoms with Crippen LogP contribution in [0.4, 0.5) is 0 Å². The molecule has 0 heterocycles. The molecule has 0 spiro atoms. The van der Waals surface area contributed by atoms with Crippen LogP contribution < -0.4 is 0 Å². The third-order valence-corrected chi connectivity index (χ3v) is 3.73. The number of carbonyl (C=O) groups excluding carboxylic acids is 2. The summed E-state index contributed by atoms with van der Waals surface area (Å²) in [6, 6.07) is 0. The van der Waals surface area contributed by atoms with Crippen molar-refractivity contribution in [3.63, 3.8) is 0 Å². The van der Waals surface area contributed by atoms with Crippen LogP contribution in [0, 0.1) is 10.8 Å². The molecule has 0 aliphatic rings. The van der Waals surface area contributed by atoms with Gasteiger partial charge in [-0.2, -0.15) is 0 Å². The van der Waals surface area contributed by atoms with Gasteiger partial charge in [-0.05, 0) is 13.8 Å². The molecule has 0 aromatic carbocycles. The molecule has 28 heavy (non-hydrogen) atoms. The van der Waals surface area contributed by atoms with Crippen molar-refractivity contribution in [1.82, 2.24) is 0 Å². The highest BCUT2D eigenvalue weighted by Gasteiger charge is 2.33. The molecule has 0 aliphatic heterocycles. The zero-order valence-electron chi connectivity index (χ0n) is 16.4. The van der Waals surface area contributed by atoms with Gasteiger partial charge >= 0.3 is 11.9 Å². The largest absolute Gasteiger partial charge is 0.461 e. The summed E-state index contributed by atoms with van der Waals surface area (Å²) in [5, 5.41) is 52.6. The lowest BCUT2D eigenvalue weighted by atomic mass is 9.92. The van der Waals surface area contributed by atoms with Crippen LogP contribution in [0.15, 0.2) is 24.3 Å². The number of aliphatic hydroxyl groups is 6. The second-order valence-corrected chi connectivity index (χ2v) is 6.66. The first-order valence-electron chi connectivity index (χ1n) is 8.33. The lowest BCUT2D eigenvalue weighted by Gasteiger charge is -2.28. The summed E-state index contributed by atoms with van der Waals surface area (Å²) in [4.78, 5) is 22.5. The molecule has 10 nitrogen and oxygen atoms in total. The van der Waals surface area contributed by atoms with E-state index >= 15 is 0 Å². The Hall–Kier alpha value is -1.82. The summed E-state index contributed by atoms with van der Waals surface area (Å²) in [6.45, 7) is 6.57. The molecule has 0 bridgehead atoms. The lowest BCUT2D eigenvalue weighted by Crippen LogP contribution is -2.41. The van der Waals surface area contributed by atoms with E-state index in [9.17, 15) is 19.8 Å². The molecule has 0 saturated heterocycles. The molecular formula is C18H32O10. The highest BCUT2D eigenvalue weighted by Crippen LogP contribution is 2.18. The second kappa shape index (κ2) is 14.2. The standard InChI is InChI=1S/C13H20O6.C5H12O4/c1-9(2)11(16)18-7-13(5-14,6-15)8-19-12(17)10(3)4;6-1-5(2-7,3-8)4-9/h14-15H,1,3,5-8H2,2,4H3;6-9H,1-4H2. The molecule has 0 aliphatic carbocycles. The van der Waals surface area contributed by atoms with Crippen LogP contribution in [-0.2, 0) is 19.1 Å². The Morgan fingerprint density at radius 2 is 0.893 bits per heavy atom. The van der Waals surface area contributed by atoms with Gasteiger partial charge in [0.15, 0.2) is 0 Å². The highest BCUT2D eigenvalue weighted by atomic mass is 16.6. The predicted octanol–water partition coefficient (Wildman–Crippen LogP) is -1.86. The van der Waals surface area contributed by atoms with Crippen molar-refractivity contribution >= 4 is 11.9 Å². The number of carbonyl (C=O) groups is 2. The van der Waals surface area contributed by atoms with Gasteiger partial charge < -0.3 is 40.1 Å². The summed E-state index contributed by atoms with van der Waals surface area (Å²) in [6.07, 6.45) is 0. The summed E-state index contributed by atoms with van der Waals surface area (Å²) < 4.78 is 9.74. The fourth-order valence-corrected chi connectivity index (χ4v) is 1.26. The van der Waals surface area contributed by atoms with Crippen molar-refractivity contribution in [2.24, 2.45) is 10.8 Å². The third-order valence-electron chi connectivity index (χ3n) is 3.73. The van der Waals surface area contributed by atoms with Crippen LogP contribution in [0.5, 0.6) is 0 Å². The molecule has 164 valence electrons. The van der Waals surface area contributed by atoms with Gasteiger partial charge in [0.25, 0.3) is 0 Å². The van der Waals surface area contributed by atoms with E-state index in [-0.39, 0.29) is 24.4 Å². The van der Waals surface area contributed by atoms with Gasteiger partial charge in [0.05, 0.1) is 50.5 Å². The topological polar surface area (TPSA) is 174 Å². The maximum Gasteiger partial charge on any atom is 0.333 e. The molecular weight excluding hydrogens is 376 g/mol. The molecule has 10 heteroatoms. The van der Waals surface area contributed by atoms with E-state index < -0.39 is 62.4 Å². The first-order chi connectivity index (χ1) is 13.0. The van der Waals surface area contributed by atoms with Crippen LogP contribution in [-0.4, -0.2) is 95.4 Å². The molecule has 0 radical (unpaired) electrons. The predicted molar refractivity (Wildman–Crippen MR) is 98.9 cm³/mol. The Morgan fingerprint density at radius 1 is 0.643 bits per heavy atom. The minimum absolute atomic E-state index is 0.198. The summed E-state index contributed by atoms with van der Waals surface area (Å²) in [7, 11) is 0. The minimum Gasteiger partial charge on any atom is -0.461 e. The average molecular weight is 408 g/mol. The van der Waals surface area contributed by atoms with E-state index in [1.54, 1.807) is 0 Å². The van der Waals surface area contributed by atoms with Crippen molar-refractivity contribution in [2.75, 3.05) is 52.9 Å². The number of aliphatic hydroxyl groups excluding tert-OH is 6. The van der Waals surface area contributed by atoms with E-state index in [1.807, 2.05) is 0 Å². The Labute approximate surface area is 164 Å². The minimum atomic E-state index is -1.24. The first kappa shape index (κ1) is 28.4. The van der Waals surface area contributed by atoms with Crippen LogP contribution in [0.3, 0.4) is 0 Å². The van der Waals surface area contributed by atoms with Gasteiger partial charge in [-0.25, -0.2) is 9.59 Å². The number of hydrogen-bond donors (Lipinski definition) is 6. The third kappa shape index (κ3) is 9.93. The van der Waals surface area contributed by atoms with Gasteiger partial charge in [-0.15, -0.1) is 0 Å². The first-order valence-corrected chi connectivity index (χ1v) is 8.33. The normalized spacial score (nSPS) is 11.1. The van der Waals surface area contributed by atoms with Gasteiger partial charge in [0.1, 0.15) is 13.2 Å². The Balaban J connectivity index is 0.